The summed E-state index contributed by atoms with van der Waals surface area (Å²) in [5.41, 5.74) is 1.39. The number of thiophene rings is 1. The maximum atomic E-state index is 11.8. The molecule has 0 radical (unpaired) electrons. The van der Waals surface area contributed by atoms with E-state index in [0.29, 0.717) is 25.6 Å². The number of fused-ring (bicyclic) bond motifs is 1. The van der Waals surface area contributed by atoms with E-state index in [1.165, 1.54) is 10.4 Å². The number of hydrogen-bond acceptors (Lipinski definition) is 4. The van der Waals surface area contributed by atoms with E-state index in [0.717, 1.165) is 19.4 Å². The van der Waals surface area contributed by atoms with Gasteiger partial charge in [0, 0.05) is 24.0 Å². The minimum Gasteiger partial charge on any atom is -0.354 e. The number of hydrogen-bond donors (Lipinski definition) is 1. The second-order valence-electron chi connectivity index (χ2n) is 4.70. The molecular formula is C14H19N3OS. The molecule has 1 aliphatic rings. The van der Waals surface area contributed by atoms with Crippen LogP contribution in [0.15, 0.2) is 11.4 Å². The summed E-state index contributed by atoms with van der Waals surface area (Å²) in [4.78, 5) is 15.6. The molecule has 1 N–H and O–H groups in total. The molecule has 2 rings (SSSR count). The Morgan fingerprint density at radius 2 is 2.53 bits per heavy atom. The van der Waals surface area contributed by atoms with Gasteiger partial charge in [0.05, 0.1) is 19.0 Å². The van der Waals surface area contributed by atoms with Crippen molar-refractivity contribution >= 4 is 17.2 Å². The zero-order valence-corrected chi connectivity index (χ0v) is 12.0. The van der Waals surface area contributed by atoms with Gasteiger partial charge in [0.1, 0.15) is 0 Å². The molecular weight excluding hydrogens is 258 g/mol. The fourth-order valence-electron chi connectivity index (χ4n) is 2.61. The van der Waals surface area contributed by atoms with Crippen molar-refractivity contribution in [3.63, 3.8) is 0 Å². The van der Waals surface area contributed by atoms with Crippen LogP contribution in [-0.2, 0) is 11.2 Å². The summed E-state index contributed by atoms with van der Waals surface area (Å²) in [5, 5.41) is 13.4. The van der Waals surface area contributed by atoms with Gasteiger partial charge in [-0.1, -0.05) is 6.92 Å². The van der Waals surface area contributed by atoms with Crippen molar-refractivity contribution in [1.29, 1.82) is 5.26 Å². The molecule has 0 bridgehead atoms. The van der Waals surface area contributed by atoms with Gasteiger partial charge in [-0.2, -0.15) is 5.26 Å². The van der Waals surface area contributed by atoms with Gasteiger partial charge in [-0.15, -0.1) is 11.3 Å². The lowest BCUT2D eigenvalue weighted by molar-refractivity contribution is -0.122. The Morgan fingerprint density at radius 1 is 1.68 bits per heavy atom. The van der Waals surface area contributed by atoms with Crippen LogP contribution in [0.4, 0.5) is 0 Å². The number of rotatable bonds is 5. The lowest BCUT2D eigenvalue weighted by Gasteiger charge is -2.34. The van der Waals surface area contributed by atoms with Crippen LogP contribution >= 0.6 is 11.3 Å². The van der Waals surface area contributed by atoms with E-state index in [1.54, 1.807) is 0 Å². The molecule has 0 spiro atoms. The number of amides is 1. The molecule has 1 amide bonds. The first-order chi connectivity index (χ1) is 9.26. The number of nitriles is 1. The first kappa shape index (κ1) is 14.0. The van der Waals surface area contributed by atoms with Crippen LogP contribution in [0.5, 0.6) is 0 Å². The molecule has 1 aliphatic heterocycles. The highest BCUT2D eigenvalue weighted by Crippen LogP contribution is 2.34. The van der Waals surface area contributed by atoms with Crippen LogP contribution < -0.4 is 5.32 Å². The van der Waals surface area contributed by atoms with Gasteiger partial charge in [-0.3, -0.25) is 9.69 Å². The van der Waals surface area contributed by atoms with Crippen molar-refractivity contribution in [3.05, 3.63) is 21.9 Å². The van der Waals surface area contributed by atoms with Crippen molar-refractivity contribution in [3.8, 4) is 6.07 Å². The van der Waals surface area contributed by atoms with Gasteiger partial charge in [0.2, 0.25) is 5.91 Å². The van der Waals surface area contributed by atoms with Crippen molar-refractivity contribution in [2.75, 3.05) is 19.6 Å². The third-order valence-electron chi connectivity index (χ3n) is 3.50. The third kappa shape index (κ3) is 3.34. The van der Waals surface area contributed by atoms with Gasteiger partial charge in [-0.05, 0) is 29.9 Å². The van der Waals surface area contributed by atoms with Crippen LogP contribution in [-0.4, -0.2) is 30.4 Å². The van der Waals surface area contributed by atoms with Gasteiger partial charge in [0.25, 0.3) is 0 Å². The second-order valence-corrected chi connectivity index (χ2v) is 5.70. The summed E-state index contributed by atoms with van der Waals surface area (Å²) in [5.74, 6) is 0.0207. The predicted octanol–water partition coefficient (Wildman–Crippen LogP) is 2.09. The highest BCUT2D eigenvalue weighted by molar-refractivity contribution is 7.10. The largest absolute Gasteiger partial charge is 0.354 e. The topological polar surface area (TPSA) is 56.1 Å². The lowest BCUT2D eigenvalue weighted by Crippen LogP contribution is -2.42. The zero-order chi connectivity index (χ0) is 13.7. The standard InChI is InChI=1S/C14H19N3OS/c1-2-12-11-5-9-19-13(11)4-8-17(12)10-14(18)16-7-3-6-15/h5,9,12H,2-4,7-8,10H2,1H3,(H,16,18)/t12-/m1/s1. The molecule has 0 aromatic carbocycles. The fraction of sp³-hybridized carbons (Fsp3) is 0.571. The minimum atomic E-state index is 0.0207. The Balaban J connectivity index is 1.94. The van der Waals surface area contributed by atoms with E-state index >= 15 is 0 Å². The number of carbonyl (C=O) groups is 1. The third-order valence-corrected chi connectivity index (χ3v) is 4.49. The number of carbonyl (C=O) groups excluding carboxylic acids is 1. The average molecular weight is 277 g/mol. The van der Waals surface area contributed by atoms with Gasteiger partial charge < -0.3 is 5.32 Å². The van der Waals surface area contributed by atoms with Crippen molar-refractivity contribution in [2.45, 2.75) is 32.2 Å². The van der Waals surface area contributed by atoms with Crippen molar-refractivity contribution in [1.82, 2.24) is 10.2 Å². The molecule has 2 heterocycles. The van der Waals surface area contributed by atoms with E-state index in [2.05, 4.69) is 28.6 Å². The summed E-state index contributed by atoms with van der Waals surface area (Å²) in [6.07, 6.45) is 2.43. The molecule has 5 heteroatoms. The van der Waals surface area contributed by atoms with Gasteiger partial charge in [-0.25, -0.2) is 0 Å². The molecule has 0 aliphatic carbocycles. The van der Waals surface area contributed by atoms with Crippen molar-refractivity contribution in [2.24, 2.45) is 0 Å². The van der Waals surface area contributed by atoms with E-state index in [1.807, 2.05) is 17.4 Å². The molecule has 0 fully saturated rings. The summed E-state index contributed by atoms with van der Waals surface area (Å²) >= 11 is 1.82. The molecule has 4 nitrogen and oxygen atoms in total. The maximum absolute atomic E-state index is 11.8. The molecule has 0 saturated carbocycles. The quantitative estimate of drug-likeness (QED) is 0.838. The molecule has 1 aromatic rings. The summed E-state index contributed by atoms with van der Waals surface area (Å²) in [7, 11) is 0. The Kier molecular flexibility index (Phi) is 4.94. The van der Waals surface area contributed by atoms with Crippen LogP contribution in [0.3, 0.4) is 0 Å². The van der Waals surface area contributed by atoms with Crippen LogP contribution in [0.25, 0.3) is 0 Å². The smallest absolute Gasteiger partial charge is 0.234 e. The monoisotopic (exact) mass is 277 g/mol. The SMILES string of the molecule is CC[C@@H]1c2ccsc2CCN1CC(=O)NCCC#N. The summed E-state index contributed by atoms with van der Waals surface area (Å²) in [6, 6.07) is 4.58. The molecule has 0 saturated heterocycles. The highest BCUT2D eigenvalue weighted by atomic mass is 32.1. The molecule has 1 atom stereocenters. The van der Waals surface area contributed by atoms with E-state index in [9.17, 15) is 4.79 Å². The Labute approximate surface area is 118 Å². The second kappa shape index (κ2) is 6.69. The molecule has 1 aromatic heterocycles. The zero-order valence-electron chi connectivity index (χ0n) is 11.2. The highest BCUT2D eigenvalue weighted by Gasteiger charge is 2.27. The van der Waals surface area contributed by atoms with E-state index < -0.39 is 0 Å². The Morgan fingerprint density at radius 3 is 3.26 bits per heavy atom. The molecule has 102 valence electrons. The number of nitrogens with zero attached hydrogens (tertiary/aromatic N) is 2. The van der Waals surface area contributed by atoms with E-state index in [4.69, 9.17) is 5.26 Å². The lowest BCUT2D eigenvalue weighted by atomic mass is 9.98. The minimum absolute atomic E-state index is 0.0207. The summed E-state index contributed by atoms with van der Waals surface area (Å²) < 4.78 is 0. The molecule has 19 heavy (non-hydrogen) atoms. The van der Waals surface area contributed by atoms with Gasteiger partial charge in [0.15, 0.2) is 0 Å². The normalized spacial score (nSPS) is 18.6. The molecule has 0 unspecified atom stereocenters. The Hall–Kier alpha value is -1.38. The fourth-order valence-corrected chi connectivity index (χ4v) is 3.54. The first-order valence-corrected chi connectivity index (χ1v) is 7.58. The maximum Gasteiger partial charge on any atom is 0.234 e. The van der Waals surface area contributed by atoms with E-state index in [-0.39, 0.29) is 5.91 Å². The average Bonchev–Trinajstić information content (AvgIpc) is 2.87. The first-order valence-electron chi connectivity index (χ1n) is 6.70. The van der Waals surface area contributed by atoms with Gasteiger partial charge >= 0.3 is 0 Å². The Bertz CT molecular complexity index is 477. The van der Waals surface area contributed by atoms with Crippen LogP contribution in [0, 0.1) is 11.3 Å². The van der Waals surface area contributed by atoms with Crippen molar-refractivity contribution < 1.29 is 4.79 Å². The predicted molar refractivity (Wildman–Crippen MR) is 75.9 cm³/mol. The number of nitrogens with one attached hydrogen (secondary N) is 1. The van der Waals surface area contributed by atoms with Crippen LogP contribution in [0.2, 0.25) is 0 Å². The van der Waals surface area contributed by atoms with Crippen LogP contribution in [0.1, 0.15) is 36.2 Å². The summed E-state index contributed by atoms with van der Waals surface area (Å²) in [6.45, 7) is 3.98.